The van der Waals surface area contributed by atoms with Crippen LogP contribution in [0.15, 0.2) is 18.2 Å². The molecule has 1 heterocycles. The first-order valence-corrected chi connectivity index (χ1v) is 7.51. The molecule has 0 radical (unpaired) electrons. The Morgan fingerprint density at radius 1 is 1.20 bits per heavy atom. The number of rotatable bonds is 6. The Bertz CT molecular complexity index is 417. The van der Waals surface area contributed by atoms with Crippen LogP contribution in [0.3, 0.4) is 0 Å². The van der Waals surface area contributed by atoms with Gasteiger partial charge in [-0.05, 0) is 31.2 Å². The van der Waals surface area contributed by atoms with Crippen molar-refractivity contribution in [2.75, 3.05) is 46.4 Å². The maximum absolute atomic E-state index is 13.8. The summed E-state index contributed by atoms with van der Waals surface area (Å²) in [5.41, 5.74) is 1.04. The van der Waals surface area contributed by atoms with Gasteiger partial charge in [0.05, 0.1) is 0 Å². The van der Waals surface area contributed by atoms with Crippen LogP contribution < -0.4 is 4.74 Å². The number of hydrogen-bond donors (Lipinski definition) is 0. The molecule has 0 saturated carbocycles. The third-order valence-corrected chi connectivity index (χ3v) is 3.80. The number of piperazine rings is 1. The Labute approximate surface area is 121 Å². The molecule has 4 heteroatoms. The zero-order valence-electron chi connectivity index (χ0n) is 12.6. The van der Waals surface area contributed by atoms with Crippen molar-refractivity contribution < 1.29 is 9.13 Å². The fourth-order valence-electron chi connectivity index (χ4n) is 2.46. The SMILES string of the molecule is CCCc1ccc(OCCN2CCN(C)CC2)c(F)c1. The van der Waals surface area contributed by atoms with E-state index >= 15 is 0 Å². The lowest BCUT2D eigenvalue weighted by molar-refractivity contribution is 0.132. The smallest absolute Gasteiger partial charge is 0.165 e. The lowest BCUT2D eigenvalue weighted by atomic mass is 10.1. The topological polar surface area (TPSA) is 15.7 Å². The van der Waals surface area contributed by atoms with Crippen molar-refractivity contribution in [3.63, 3.8) is 0 Å². The quantitative estimate of drug-likeness (QED) is 0.796. The molecular weight excluding hydrogens is 255 g/mol. The molecule has 1 aromatic carbocycles. The van der Waals surface area contributed by atoms with Crippen molar-refractivity contribution in [3.05, 3.63) is 29.6 Å². The van der Waals surface area contributed by atoms with Crippen molar-refractivity contribution in [1.29, 1.82) is 0 Å². The number of hydrogen-bond acceptors (Lipinski definition) is 3. The van der Waals surface area contributed by atoms with Crippen molar-refractivity contribution in [2.24, 2.45) is 0 Å². The van der Waals surface area contributed by atoms with E-state index in [1.54, 1.807) is 12.1 Å². The first-order valence-electron chi connectivity index (χ1n) is 7.51. The third-order valence-electron chi connectivity index (χ3n) is 3.80. The highest BCUT2D eigenvalue weighted by Gasteiger charge is 2.13. The lowest BCUT2D eigenvalue weighted by Gasteiger charge is -2.32. The van der Waals surface area contributed by atoms with Gasteiger partial charge in [-0.15, -0.1) is 0 Å². The summed E-state index contributed by atoms with van der Waals surface area (Å²) < 4.78 is 19.4. The highest BCUT2D eigenvalue weighted by molar-refractivity contribution is 5.29. The first kappa shape index (κ1) is 15.3. The molecule has 0 spiro atoms. The zero-order chi connectivity index (χ0) is 14.4. The maximum Gasteiger partial charge on any atom is 0.165 e. The van der Waals surface area contributed by atoms with Gasteiger partial charge in [0.15, 0.2) is 11.6 Å². The highest BCUT2D eigenvalue weighted by Crippen LogP contribution is 2.19. The van der Waals surface area contributed by atoms with E-state index in [-0.39, 0.29) is 5.82 Å². The van der Waals surface area contributed by atoms with E-state index in [0.29, 0.717) is 12.4 Å². The molecule has 1 aliphatic rings. The van der Waals surface area contributed by atoms with Crippen molar-refractivity contribution in [2.45, 2.75) is 19.8 Å². The second kappa shape index (κ2) is 7.60. The molecule has 3 nitrogen and oxygen atoms in total. The standard InChI is InChI=1S/C16H25FN2O/c1-3-4-14-5-6-16(15(17)13-14)20-12-11-19-9-7-18(2)8-10-19/h5-6,13H,3-4,7-12H2,1-2H3. The summed E-state index contributed by atoms with van der Waals surface area (Å²) in [5, 5.41) is 0. The van der Waals surface area contributed by atoms with Crippen LogP contribution in [-0.2, 0) is 6.42 Å². The molecule has 1 fully saturated rings. The van der Waals surface area contributed by atoms with Crippen LogP contribution >= 0.6 is 0 Å². The molecule has 1 saturated heterocycles. The monoisotopic (exact) mass is 280 g/mol. The second-order valence-corrected chi connectivity index (χ2v) is 5.51. The minimum absolute atomic E-state index is 0.241. The summed E-state index contributed by atoms with van der Waals surface area (Å²) in [4.78, 5) is 4.69. The molecule has 0 aliphatic carbocycles. The van der Waals surface area contributed by atoms with Crippen LogP contribution in [0.4, 0.5) is 4.39 Å². The molecule has 20 heavy (non-hydrogen) atoms. The summed E-state index contributed by atoms with van der Waals surface area (Å²) in [7, 11) is 2.14. The van der Waals surface area contributed by atoms with Crippen LogP contribution in [0.5, 0.6) is 5.75 Å². The van der Waals surface area contributed by atoms with E-state index in [0.717, 1.165) is 51.1 Å². The first-order chi connectivity index (χ1) is 9.69. The number of benzene rings is 1. The molecule has 0 bridgehead atoms. The summed E-state index contributed by atoms with van der Waals surface area (Å²) >= 11 is 0. The summed E-state index contributed by atoms with van der Waals surface area (Å²) in [5.74, 6) is 0.133. The fourth-order valence-corrected chi connectivity index (χ4v) is 2.46. The van der Waals surface area contributed by atoms with Gasteiger partial charge in [-0.25, -0.2) is 4.39 Å². The Morgan fingerprint density at radius 3 is 2.60 bits per heavy atom. The average molecular weight is 280 g/mol. The highest BCUT2D eigenvalue weighted by atomic mass is 19.1. The average Bonchev–Trinajstić information content (AvgIpc) is 2.44. The van der Waals surface area contributed by atoms with Gasteiger partial charge in [-0.1, -0.05) is 19.4 Å². The van der Waals surface area contributed by atoms with Crippen LogP contribution in [0.25, 0.3) is 0 Å². The molecule has 0 atom stereocenters. The van der Waals surface area contributed by atoms with Crippen molar-refractivity contribution in [3.8, 4) is 5.75 Å². The Hall–Kier alpha value is -1.13. The minimum atomic E-state index is -0.241. The van der Waals surface area contributed by atoms with E-state index in [1.807, 2.05) is 6.07 Å². The largest absolute Gasteiger partial charge is 0.489 e. The third kappa shape index (κ3) is 4.46. The molecule has 0 N–H and O–H groups in total. The number of nitrogens with zero attached hydrogens (tertiary/aromatic N) is 2. The van der Waals surface area contributed by atoms with Gasteiger partial charge in [0, 0.05) is 32.7 Å². The van der Waals surface area contributed by atoms with Crippen molar-refractivity contribution >= 4 is 0 Å². The van der Waals surface area contributed by atoms with E-state index in [4.69, 9.17) is 4.74 Å². The fraction of sp³-hybridized carbons (Fsp3) is 0.625. The summed E-state index contributed by atoms with van der Waals surface area (Å²) in [6.07, 6.45) is 1.95. The number of halogens is 1. The molecular formula is C16H25FN2O. The van der Waals surface area contributed by atoms with Crippen LogP contribution in [0, 0.1) is 5.82 Å². The predicted molar refractivity (Wildman–Crippen MR) is 79.8 cm³/mol. The van der Waals surface area contributed by atoms with Gasteiger partial charge >= 0.3 is 0 Å². The minimum Gasteiger partial charge on any atom is -0.489 e. The summed E-state index contributed by atoms with van der Waals surface area (Å²) in [6.45, 7) is 7.84. The summed E-state index contributed by atoms with van der Waals surface area (Å²) in [6, 6.07) is 5.30. The Morgan fingerprint density at radius 2 is 1.95 bits per heavy atom. The second-order valence-electron chi connectivity index (χ2n) is 5.51. The normalized spacial score (nSPS) is 17.4. The van der Waals surface area contributed by atoms with Crippen molar-refractivity contribution in [1.82, 2.24) is 9.80 Å². The zero-order valence-corrected chi connectivity index (χ0v) is 12.6. The van der Waals surface area contributed by atoms with E-state index < -0.39 is 0 Å². The van der Waals surface area contributed by atoms with Gasteiger partial charge in [0.25, 0.3) is 0 Å². The number of aryl methyl sites for hydroxylation is 1. The lowest BCUT2D eigenvalue weighted by Crippen LogP contribution is -2.45. The van der Waals surface area contributed by atoms with Crippen LogP contribution in [0.2, 0.25) is 0 Å². The molecule has 112 valence electrons. The number of likely N-dealkylation sites (N-methyl/N-ethyl adjacent to an activating group) is 1. The maximum atomic E-state index is 13.8. The molecule has 2 rings (SSSR count). The Balaban J connectivity index is 1.76. The van der Waals surface area contributed by atoms with E-state index in [1.165, 1.54) is 0 Å². The van der Waals surface area contributed by atoms with Gasteiger partial charge < -0.3 is 9.64 Å². The van der Waals surface area contributed by atoms with E-state index in [9.17, 15) is 4.39 Å². The molecule has 1 aromatic rings. The van der Waals surface area contributed by atoms with E-state index in [2.05, 4.69) is 23.8 Å². The van der Waals surface area contributed by atoms with Gasteiger partial charge in [-0.3, -0.25) is 4.90 Å². The Kier molecular flexibility index (Phi) is 5.80. The molecule has 0 amide bonds. The van der Waals surface area contributed by atoms with Gasteiger partial charge in [0.1, 0.15) is 6.61 Å². The number of ether oxygens (including phenoxy) is 1. The van der Waals surface area contributed by atoms with Gasteiger partial charge in [0.2, 0.25) is 0 Å². The molecule has 1 aliphatic heterocycles. The molecule has 0 unspecified atom stereocenters. The predicted octanol–water partition coefficient (Wildman–Crippen LogP) is 2.40. The molecule has 0 aromatic heterocycles. The van der Waals surface area contributed by atoms with Gasteiger partial charge in [-0.2, -0.15) is 0 Å². The van der Waals surface area contributed by atoms with Crippen LogP contribution in [0.1, 0.15) is 18.9 Å². The van der Waals surface area contributed by atoms with Crippen LogP contribution in [-0.4, -0.2) is 56.2 Å².